The van der Waals surface area contributed by atoms with Crippen LogP contribution in [0.3, 0.4) is 0 Å². The lowest BCUT2D eigenvalue weighted by atomic mass is 10.3. The van der Waals surface area contributed by atoms with E-state index in [2.05, 4.69) is 30.8 Å². The van der Waals surface area contributed by atoms with E-state index in [0.717, 1.165) is 0 Å². The Morgan fingerprint density at radius 1 is 1.50 bits per heavy atom. The molecule has 2 aromatic rings. The Hall–Kier alpha value is -2.15. The molecule has 0 aromatic carbocycles. The van der Waals surface area contributed by atoms with Crippen LogP contribution < -0.4 is 10.6 Å². The summed E-state index contributed by atoms with van der Waals surface area (Å²) in [6.45, 7) is 1.78. The molecule has 0 bridgehead atoms. The van der Waals surface area contributed by atoms with Gasteiger partial charge in [-0.1, -0.05) is 11.6 Å². The van der Waals surface area contributed by atoms with Gasteiger partial charge in [-0.3, -0.25) is 5.10 Å². The van der Waals surface area contributed by atoms with Crippen LogP contribution in [0.25, 0.3) is 0 Å². The van der Waals surface area contributed by atoms with Crippen molar-refractivity contribution < 1.29 is 4.79 Å². The number of H-pyrrole nitrogens is 1. The zero-order chi connectivity index (χ0) is 13.0. The monoisotopic (exact) mass is 266 g/mol. The third-order valence-electron chi connectivity index (χ3n) is 2.20. The molecule has 0 aliphatic heterocycles. The van der Waals surface area contributed by atoms with Gasteiger partial charge in [-0.25, -0.2) is 14.8 Å². The number of carbonyl (C=O) groups is 1. The third-order valence-corrected chi connectivity index (χ3v) is 2.50. The molecule has 0 saturated heterocycles. The molecule has 0 aliphatic carbocycles. The molecule has 0 aliphatic rings. The number of rotatable bonds is 3. The van der Waals surface area contributed by atoms with Crippen LogP contribution in [0.15, 0.2) is 24.7 Å². The first kappa shape index (κ1) is 12.3. The number of pyridine rings is 1. The molecule has 94 valence electrons. The van der Waals surface area contributed by atoms with Crippen LogP contribution in [-0.4, -0.2) is 26.2 Å². The summed E-state index contributed by atoms with van der Waals surface area (Å²) in [4.78, 5) is 19.5. The van der Waals surface area contributed by atoms with E-state index in [-0.39, 0.29) is 11.2 Å². The fourth-order valence-corrected chi connectivity index (χ4v) is 1.49. The molecule has 2 aromatic heterocycles. The molecular formula is C10H11ClN6O. The van der Waals surface area contributed by atoms with Crippen LogP contribution >= 0.6 is 11.6 Å². The van der Waals surface area contributed by atoms with Crippen molar-refractivity contribution in [3.05, 3.63) is 35.6 Å². The van der Waals surface area contributed by atoms with Crippen molar-refractivity contribution in [3.8, 4) is 0 Å². The lowest BCUT2D eigenvalue weighted by molar-refractivity contribution is 0.249. The Morgan fingerprint density at radius 3 is 3.00 bits per heavy atom. The van der Waals surface area contributed by atoms with E-state index in [1.54, 1.807) is 25.3 Å². The average Bonchev–Trinajstić information content (AvgIpc) is 2.85. The number of nitrogens with zero attached hydrogens (tertiary/aromatic N) is 3. The van der Waals surface area contributed by atoms with E-state index in [9.17, 15) is 4.79 Å². The minimum absolute atomic E-state index is 0.236. The molecule has 18 heavy (non-hydrogen) atoms. The summed E-state index contributed by atoms with van der Waals surface area (Å²) in [6.07, 6.45) is 2.92. The summed E-state index contributed by atoms with van der Waals surface area (Å²) >= 11 is 5.82. The standard InChI is InChI=1S/C10H11ClN6O/c1-6(9-13-5-14-17-9)15-10(18)16-7-3-2-4-12-8(7)11/h2-6H,1H3,(H,13,14,17)(H2,15,16,18)/t6-/m1/s1. The van der Waals surface area contributed by atoms with Crippen LogP contribution in [0.1, 0.15) is 18.8 Å². The lowest BCUT2D eigenvalue weighted by Crippen LogP contribution is -2.31. The van der Waals surface area contributed by atoms with E-state index >= 15 is 0 Å². The van der Waals surface area contributed by atoms with Gasteiger partial charge in [0.05, 0.1) is 11.7 Å². The Morgan fingerprint density at radius 2 is 2.33 bits per heavy atom. The molecule has 0 spiro atoms. The highest BCUT2D eigenvalue weighted by atomic mass is 35.5. The molecule has 8 heteroatoms. The highest BCUT2D eigenvalue weighted by molar-refractivity contribution is 6.32. The van der Waals surface area contributed by atoms with Crippen LogP contribution in [0.4, 0.5) is 10.5 Å². The quantitative estimate of drug-likeness (QED) is 0.737. The van der Waals surface area contributed by atoms with Crippen LogP contribution in [0.5, 0.6) is 0 Å². The highest BCUT2D eigenvalue weighted by Crippen LogP contribution is 2.17. The van der Waals surface area contributed by atoms with Crippen molar-refractivity contribution in [1.29, 1.82) is 0 Å². The summed E-state index contributed by atoms with van der Waals surface area (Å²) in [5, 5.41) is 11.9. The van der Waals surface area contributed by atoms with Gasteiger partial charge in [0.15, 0.2) is 5.15 Å². The van der Waals surface area contributed by atoms with Crippen molar-refractivity contribution in [2.75, 3.05) is 5.32 Å². The molecule has 3 N–H and O–H groups in total. The zero-order valence-corrected chi connectivity index (χ0v) is 10.3. The lowest BCUT2D eigenvalue weighted by Gasteiger charge is -2.12. The summed E-state index contributed by atoms with van der Waals surface area (Å²) < 4.78 is 0. The Kier molecular flexibility index (Phi) is 3.73. The SMILES string of the molecule is C[C@@H](NC(=O)Nc1cccnc1Cl)c1ncn[nH]1. The van der Waals surface area contributed by atoms with Crippen molar-refractivity contribution in [1.82, 2.24) is 25.5 Å². The summed E-state index contributed by atoms with van der Waals surface area (Å²) in [7, 11) is 0. The average molecular weight is 267 g/mol. The Balaban J connectivity index is 1.95. The van der Waals surface area contributed by atoms with Gasteiger partial charge in [0, 0.05) is 6.20 Å². The topological polar surface area (TPSA) is 95.6 Å². The van der Waals surface area contributed by atoms with E-state index in [4.69, 9.17) is 11.6 Å². The van der Waals surface area contributed by atoms with Crippen LogP contribution in [-0.2, 0) is 0 Å². The van der Waals surface area contributed by atoms with Gasteiger partial charge in [0.25, 0.3) is 0 Å². The fourth-order valence-electron chi connectivity index (χ4n) is 1.33. The normalized spacial score (nSPS) is 11.9. The first-order valence-corrected chi connectivity index (χ1v) is 5.58. The molecule has 2 amide bonds. The second-order valence-corrected chi connectivity index (χ2v) is 3.89. The predicted octanol–water partition coefficient (Wildman–Crippen LogP) is 1.74. The number of urea groups is 1. The molecule has 0 saturated carbocycles. The number of hydrogen-bond donors (Lipinski definition) is 3. The minimum atomic E-state index is -0.395. The molecule has 7 nitrogen and oxygen atoms in total. The van der Waals surface area contributed by atoms with Crippen molar-refractivity contribution >= 4 is 23.3 Å². The van der Waals surface area contributed by atoms with Crippen LogP contribution in [0, 0.1) is 0 Å². The molecule has 0 fully saturated rings. The summed E-state index contributed by atoms with van der Waals surface area (Å²) in [6, 6.07) is 2.66. The summed E-state index contributed by atoms with van der Waals surface area (Å²) in [5.74, 6) is 0.572. The first-order chi connectivity index (χ1) is 8.66. The number of hydrogen-bond acceptors (Lipinski definition) is 4. The first-order valence-electron chi connectivity index (χ1n) is 5.20. The second kappa shape index (κ2) is 5.46. The van der Waals surface area contributed by atoms with Gasteiger partial charge in [0.2, 0.25) is 0 Å². The maximum Gasteiger partial charge on any atom is 0.319 e. The van der Waals surface area contributed by atoms with E-state index in [1.165, 1.54) is 6.33 Å². The number of carbonyl (C=O) groups excluding carboxylic acids is 1. The highest BCUT2D eigenvalue weighted by Gasteiger charge is 2.12. The molecule has 0 radical (unpaired) electrons. The van der Waals surface area contributed by atoms with Crippen molar-refractivity contribution in [3.63, 3.8) is 0 Å². The molecular weight excluding hydrogens is 256 g/mol. The van der Waals surface area contributed by atoms with Gasteiger partial charge < -0.3 is 10.6 Å². The largest absolute Gasteiger partial charge is 0.328 e. The molecule has 2 heterocycles. The third kappa shape index (κ3) is 2.95. The Bertz CT molecular complexity index is 529. The molecule has 1 atom stereocenters. The number of aromatic amines is 1. The van der Waals surface area contributed by atoms with Crippen LogP contribution in [0.2, 0.25) is 5.15 Å². The Labute approximate surface area is 108 Å². The minimum Gasteiger partial charge on any atom is -0.328 e. The predicted molar refractivity (Wildman–Crippen MR) is 66.2 cm³/mol. The number of halogens is 1. The number of anilines is 1. The van der Waals surface area contributed by atoms with Crippen molar-refractivity contribution in [2.45, 2.75) is 13.0 Å². The molecule has 0 unspecified atom stereocenters. The van der Waals surface area contributed by atoms with Gasteiger partial charge >= 0.3 is 6.03 Å². The number of amides is 2. The second-order valence-electron chi connectivity index (χ2n) is 3.53. The number of nitrogens with one attached hydrogen (secondary N) is 3. The number of aromatic nitrogens is 4. The van der Waals surface area contributed by atoms with Gasteiger partial charge in [0.1, 0.15) is 12.2 Å². The fraction of sp³-hybridized carbons (Fsp3) is 0.200. The van der Waals surface area contributed by atoms with E-state index in [1.807, 2.05) is 0 Å². The van der Waals surface area contributed by atoms with E-state index in [0.29, 0.717) is 11.5 Å². The smallest absolute Gasteiger partial charge is 0.319 e. The van der Waals surface area contributed by atoms with Crippen molar-refractivity contribution in [2.24, 2.45) is 0 Å². The maximum absolute atomic E-state index is 11.7. The molecule has 2 rings (SSSR count). The van der Waals surface area contributed by atoms with Gasteiger partial charge in [-0.2, -0.15) is 5.10 Å². The van der Waals surface area contributed by atoms with Gasteiger partial charge in [-0.05, 0) is 19.1 Å². The van der Waals surface area contributed by atoms with E-state index < -0.39 is 6.03 Å². The zero-order valence-electron chi connectivity index (χ0n) is 9.51. The summed E-state index contributed by atoms with van der Waals surface area (Å²) in [5.41, 5.74) is 0.446. The maximum atomic E-state index is 11.7. The van der Waals surface area contributed by atoms with Gasteiger partial charge in [-0.15, -0.1) is 0 Å².